The van der Waals surface area contributed by atoms with Crippen LogP contribution in [0, 0.1) is 0 Å². The Kier molecular flexibility index (Phi) is 7.25. The Morgan fingerprint density at radius 2 is 1.04 bits per heavy atom. The van der Waals surface area contributed by atoms with Crippen molar-refractivity contribution in [2.24, 2.45) is 0 Å². The van der Waals surface area contributed by atoms with Crippen molar-refractivity contribution >= 4 is 5.97 Å². The summed E-state index contributed by atoms with van der Waals surface area (Å²) in [5, 5.41) is 12.4. The van der Waals surface area contributed by atoms with E-state index in [2.05, 4.69) is 66.0 Å². The Morgan fingerprint density at radius 1 is 0.667 bits per heavy atom. The standard InChI is InChI=1S/C14H15N.C7H6O2/c1-3-7-13(8-4-1)11-15-12-14-9-5-2-6-10-14;8-7(9)6-4-2-1-3-5-6/h1-10,15H,11-12H2;1-5H,(H,8,9). The lowest BCUT2D eigenvalue weighted by molar-refractivity contribution is -0.686. The molecule has 0 bridgehead atoms. The van der Waals surface area contributed by atoms with Crippen LogP contribution in [-0.2, 0) is 13.1 Å². The lowest BCUT2D eigenvalue weighted by atomic mass is 10.2. The minimum absolute atomic E-state index is 0.220. The Hall–Kier alpha value is -2.91. The number of nitrogens with two attached hydrogens (primary N) is 1. The summed E-state index contributed by atoms with van der Waals surface area (Å²) in [7, 11) is 0. The molecule has 0 aliphatic heterocycles. The molecule has 3 aromatic carbocycles. The molecule has 0 spiro atoms. The lowest BCUT2D eigenvalue weighted by Crippen LogP contribution is -2.80. The van der Waals surface area contributed by atoms with Crippen molar-refractivity contribution in [1.29, 1.82) is 0 Å². The zero-order chi connectivity index (χ0) is 17.0. The Balaban J connectivity index is 0.000000198. The van der Waals surface area contributed by atoms with Crippen LogP contribution < -0.4 is 10.4 Å². The average molecular weight is 319 g/mol. The molecule has 0 unspecified atom stereocenters. The molecule has 0 saturated heterocycles. The maximum Gasteiger partial charge on any atom is 0.101 e. The van der Waals surface area contributed by atoms with Gasteiger partial charge in [-0.15, -0.1) is 0 Å². The molecular weight excluding hydrogens is 298 g/mol. The Bertz CT molecular complexity index is 673. The number of rotatable bonds is 5. The van der Waals surface area contributed by atoms with Gasteiger partial charge in [0.15, 0.2) is 0 Å². The van der Waals surface area contributed by atoms with Crippen LogP contribution in [0.4, 0.5) is 0 Å². The maximum absolute atomic E-state index is 10.1. The molecule has 3 nitrogen and oxygen atoms in total. The van der Waals surface area contributed by atoms with Crippen molar-refractivity contribution in [2.45, 2.75) is 13.1 Å². The molecule has 0 atom stereocenters. The van der Waals surface area contributed by atoms with E-state index in [0.717, 1.165) is 13.1 Å². The minimum Gasteiger partial charge on any atom is -0.545 e. The van der Waals surface area contributed by atoms with E-state index in [9.17, 15) is 9.90 Å². The second-order valence-corrected chi connectivity index (χ2v) is 5.32. The molecule has 0 aromatic heterocycles. The summed E-state index contributed by atoms with van der Waals surface area (Å²) in [4.78, 5) is 10.1. The Morgan fingerprint density at radius 3 is 1.38 bits per heavy atom. The highest BCUT2D eigenvalue weighted by Crippen LogP contribution is 1.97. The molecule has 0 fully saturated rings. The third-order valence-corrected chi connectivity index (χ3v) is 3.46. The highest BCUT2D eigenvalue weighted by atomic mass is 16.4. The van der Waals surface area contributed by atoms with E-state index in [-0.39, 0.29) is 5.56 Å². The largest absolute Gasteiger partial charge is 0.545 e. The lowest BCUT2D eigenvalue weighted by Gasteiger charge is -2.01. The van der Waals surface area contributed by atoms with Gasteiger partial charge < -0.3 is 15.2 Å². The smallest absolute Gasteiger partial charge is 0.101 e. The van der Waals surface area contributed by atoms with Gasteiger partial charge in [0, 0.05) is 11.1 Å². The summed E-state index contributed by atoms with van der Waals surface area (Å²) in [5.74, 6) is -1.13. The summed E-state index contributed by atoms with van der Waals surface area (Å²) in [6.45, 7) is 2.10. The van der Waals surface area contributed by atoms with Crippen molar-refractivity contribution in [3.8, 4) is 0 Å². The number of hydrogen-bond donors (Lipinski definition) is 1. The van der Waals surface area contributed by atoms with Gasteiger partial charge in [-0.05, 0) is 5.56 Å². The van der Waals surface area contributed by atoms with Gasteiger partial charge in [-0.3, -0.25) is 0 Å². The molecule has 0 aliphatic rings. The number of quaternary nitrogens is 1. The molecular formula is C21H21NO2. The van der Waals surface area contributed by atoms with Gasteiger partial charge in [0.1, 0.15) is 13.1 Å². The van der Waals surface area contributed by atoms with Crippen LogP contribution in [0.25, 0.3) is 0 Å². The third-order valence-electron chi connectivity index (χ3n) is 3.46. The molecule has 0 aliphatic carbocycles. The van der Waals surface area contributed by atoms with E-state index in [1.54, 1.807) is 18.2 Å². The average Bonchev–Trinajstić information content (AvgIpc) is 2.65. The van der Waals surface area contributed by atoms with Gasteiger partial charge >= 0.3 is 0 Å². The van der Waals surface area contributed by atoms with Crippen LogP contribution in [0.3, 0.4) is 0 Å². The second-order valence-electron chi connectivity index (χ2n) is 5.32. The topological polar surface area (TPSA) is 56.7 Å². The molecule has 2 N–H and O–H groups in total. The fraction of sp³-hybridized carbons (Fsp3) is 0.0952. The Labute approximate surface area is 142 Å². The van der Waals surface area contributed by atoms with E-state index in [1.807, 2.05) is 0 Å². The van der Waals surface area contributed by atoms with Crippen molar-refractivity contribution in [3.05, 3.63) is 108 Å². The quantitative estimate of drug-likeness (QED) is 0.782. The molecule has 122 valence electrons. The third kappa shape index (κ3) is 6.46. The first-order valence-corrected chi connectivity index (χ1v) is 7.91. The predicted molar refractivity (Wildman–Crippen MR) is 93.0 cm³/mol. The molecule has 3 heteroatoms. The van der Waals surface area contributed by atoms with E-state index >= 15 is 0 Å². The van der Waals surface area contributed by atoms with Gasteiger partial charge in [-0.1, -0.05) is 91.0 Å². The first-order valence-electron chi connectivity index (χ1n) is 7.91. The van der Waals surface area contributed by atoms with Gasteiger partial charge in [0.2, 0.25) is 0 Å². The van der Waals surface area contributed by atoms with Gasteiger partial charge in [0.05, 0.1) is 5.97 Å². The number of benzene rings is 3. The SMILES string of the molecule is O=C([O-])c1ccccc1.c1ccc(C[NH2+]Cc2ccccc2)cc1. The number of carboxylic acids is 1. The number of carbonyl (C=O) groups excluding carboxylic acids is 1. The highest BCUT2D eigenvalue weighted by Gasteiger charge is 1.95. The molecule has 0 amide bonds. The highest BCUT2D eigenvalue weighted by molar-refractivity contribution is 5.85. The second kappa shape index (κ2) is 9.98. The number of carboxylic acid groups (broad SMARTS) is 1. The molecule has 3 aromatic rings. The minimum atomic E-state index is -1.13. The van der Waals surface area contributed by atoms with Crippen molar-refractivity contribution in [3.63, 3.8) is 0 Å². The van der Waals surface area contributed by atoms with Gasteiger partial charge in [0.25, 0.3) is 0 Å². The normalized spacial score (nSPS) is 9.67. The van der Waals surface area contributed by atoms with E-state index in [1.165, 1.54) is 23.3 Å². The van der Waals surface area contributed by atoms with Crippen molar-refractivity contribution in [2.75, 3.05) is 0 Å². The summed E-state index contributed by atoms with van der Waals surface area (Å²) in [6, 6.07) is 29.2. The first-order chi connectivity index (χ1) is 11.8. The molecule has 3 rings (SSSR count). The molecule has 0 heterocycles. The van der Waals surface area contributed by atoms with Crippen molar-refractivity contribution in [1.82, 2.24) is 0 Å². The molecule has 0 radical (unpaired) electrons. The van der Waals surface area contributed by atoms with E-state index < -0.39 is 5.97 Å². The number of hydrogen-bond acceptors (Lipinski definition) is 2. The number of aromatic carboxylic acids is 1. The fourth-order valence-corrected chi connectivity index (χ4v) is 2.21. The maximum atomic E-state index is 10.1. The zero-order valence-corrected chi connectivity index (χ0v) is 13.5. The van der Waals surface area contributed by atoms with Crippen LogP contribution in [0.5, 0.6) is 0 Å². The van der Waals surface area contributed by atoms with Crippen LogP contribution in [0.15, 0.2) is 91.0 Å². The van der Waals surface area contributed by atoms with Gasteiger partial charge in [-0.2, -0.15) is 0 Å². The summed E-state index contributed by atoms with van der Waals surface area (Å²) in [6.07, 6.45) is 0. The first kappa shape index (κ1) is 17.4. The van der Waals surface area contributed by atoms with E-state index in [0.29, 0.717) is 0 Å². The molecule has 24 heavy (non-hydrogen) atoms. The molecule has 0 saturated carbocycles. The van der Waals surface area contributed by atoms with E-state index in [4.69, 9.17) is 0 Å². The van der Waals surface area contributed by atoms with Crippen LogP contribution in [-0.4, -0.2) is 5.97 Å². The summed E-state index contributed by atoms with van der Waals surface area (Å²) in [5.41, 5.74) is 2.99. The fourth-order valence-electron chi connectivity index (χ4n) is 2.21. The van der Waals surface area contributed by atoms with Crippen LogP contribution in [0.1, 0.15) is 21.5 Å². The summed E-state index contributed by atoms with van der Waals surface area (Å²) >= 11 is 0. The predicted octanol–water partition coefficient (Wildman–Crippen LogP) is 2.00. The van der Waals surface area contributed by atoms with Crippen LogP contribution in [0.2, 0.25) is 0 Å². The monoisotopic (exact) mass is 319 g/mol. The van der Waals surface area contributed by atoms with Gasteiger partial charge in [-0.25, -0.2) is 0 Å². The van der Waals surface area contributed by atoms with Crippen molar-refractivity contribution < 1.29 is 15.2 Å². The van der Waals surface area contributed by atoms with Crippen LogP contribution >= 0.6 is 0 Å². The zero-order valence-electron chi connectivity index (χ0n) is 13.5. The summed E-state index contributed by atoms with van der Waals surface area (Å²) < 4.78 is 0. The number of carbonyl (C=O) groups is 1.